The van der Waals surface area contributed by atoms with Gasteiger partial charge in [-0.1, -0.05) is 11.6 Å². The van der Waals surface area contributed by atoms with E-state index in [1.165, 1.54) is 24.3 Å². The molecule has 1 N–H and O–H groups in total. The number of carbonyl (C=O) groups excluding carboxylic acids is 1. The standard InChI is InChI=1S/C18H17ClFN3O3/c19-13-5-6-14(20)15(11-13)21-18(24)12-4-7-16(17(10-12)23(25)26)22-8-2-1-3-9-22/h4-7,10-11H,1-3,8-9H2,(H,21,24). The van der Waals surface area contributed by atoms with E-state index in [9.17, 15) is 19.3 Å². The molecule has 26 heavy (non-hydrogen) atoms. The molecule has 1 heterocycles. The Bertz CT molecular complexity index is 854. The molecule has 0 saturated carbocycles. The lowest BCUT2D eigenvalue weighted by Crippen LogP contribution is -2.30. The molecule has 1 amide bonds. The average Bonchev–Trinajstić information content (AvgIpc) is 2.65. The first-order chi connectivity index (χ1) is 12.5. The van der Waals surface area contributed by atoms with Crippen molar-refractivity contribution in [3.63, 3.8) is 0 Å². The minimum atomic E-state index is -0.639. The van der Waals surface area contributed by atoms with Gasteiger partial charge in [-0.2, -0.15) is 0 Å². The van der Waals surface area contributed by atoms with Gasteiger partial charge in [-0.25, -0.2) is 4.39 Å². The molecule has 1 aliphatic rings. The van der Waals surface area contributed by atoms with Crippen molar-refractivity contribution < 1.29 is 14.1 Å². The summed E-state index contributed by atoms with van der Waals surface area (Å²) in [4.78, 5) is 25.3. The van der Waals surface area contributed by atoms with Crippen molar-refractivity contribution in [1.29, 1.82) is 0 Å². The van der Waals surface area contributed by atoms with Gasteiger partial charge in [0.05, 0.1) is 10.6 Å². The third-order valence-corrected chi connectivity index (χ3v) is 4.54. The molecule has 0 radical (unpaired) electrons. The van der Waals surface area contributed by atoms with E-state index in [1.807, 2.05) is 4.90 Å². The van der Waals surface area contributed by atoms with Gasteiger partial charge in [-0.15, -0.1) is 0 Å². The SMILES string of the molecule is O=C(Nc1cc(Cl)ccc1F)c1ccc(N2CCCCC2)c([N+](=O)[O-])c1. The highest BCUT2D eigenvalue weighted by Gasteiger charge is 2.23. The maximum absolute atomic E-state index is 13.8. The first kappa shape index (κ1) is 18.1. The summed E-state index contributed by atoms with van der Waals surface area (Å²) in [6.07, 6.45) is 3.07. The van der Waals surface area contributed by atoms with Gasteiger partial charge in [0.1, 0.15) is 11.5 Å². The van der Waals surface area contributed by atoms with Crippen molar-refractivity contribution in [3.8, 4) is 0 Å². The molecule has 3 rings (SSSR count). The van der Waals surface area contributed by atoms with Gasteiger partial charge in [-0.3, -0.25) is 14.9 Å². The number of rotatable bonds is 4. The Balaban J connectivity index is 1.88. The number of nitro groups is 1. The molecule has 6 nitrogen and oxygen atoms in total. The van der Waals surface area contributed by atoms with E-state index in [0.717, 1.165) is 38.4 Å². The predicted octanol–water partition coefficient (Wildman–Crippen LogP) is 4.63. The summed E-state index contributed by atoms with van der Waals surface area (Å²) in [5.74, 6) is -1.28. The summed E-state index contributed by atoms with van der Waals surface area (Å²) in [6, 6.07) is 8.10. The number of hydrogen-bond acceptors (Lipinski definition) is 4. The molecule has 2 aromatic carbocycles. The number of halogens is 2. The van der Waals surface area contributed by atoms with Crippen LogP contribution < -0.4 is 10.2 Å². The fourth-order valence-corrected chi connectivity index (χ4v) is 3.17. The lowest BCUT2D eigenvalue weighted by molar-refractivity contribution is -0.384. The van der Waals surface area contributed by atoms with Crippen molar-refractivity contribution in [2.24, 2.45) is 0 Å². The smallest absolute Gasteiger partial charge is 0.293 e. The van der Waals surface area contributed by atoms with Crippen molar-refractivity contribution in [1.82, 2.24) is 0 Å². The molecule has 0 spiro atoms. The molecule has 0 atom stereocenters. The van der Waals surface area contributed by atoms with Crippen LogP contribution in [0, 0.1) is 15.9 Å². The zero-order valence-electron chi connectivity index (χ0n) is 13.9. The molecule has 8 heteroatoms. The highest BCUT2D eigenvalue weighted by molar-refractivity contribution is 6.31. The van der Waals surface area contributed by atoms with E-state index in [1.54, 1.807) is 6.07 Å². The number of benzene rings is 2. The number of nitro benzene ring substituents is 1. The number of amides is 1. The van der Waals surface area contributed by atoms with E-state index >= 15 is 0 Å². The minimum absolute atomic E-state index is 0.0785. The fourth-order valence-electron chi connectivity index (χ4n) is 3.00. The minimum Gasteiger partial charge on any atom is -0.366 e. The Morgan fingerprint density at radius 3 is 2.58 bits per heavy atom. The summed E-state index contributed by atoms with van der Waals surface area (Å²) in [5.41, 5.74) is 0.369. The summed E-state index contributed by atoms with van der Waals surface area (Å²) in [6.45, 7) is 1.50. The molecule has 1 fully saturated rings. The number of anilines is 2. The van der Waals surface area contributed by atoms with Crippen LogP contribution in [0.25, 0.3) is 0 Å². The summed E-state index contributed by atoms with van der Waals surface area (Å²) < 4.78 is 13.8. The monoisotopic (exact) mass is 377 g/mol. The maximum atomic E-state index is 13.8. The summed E-state index contributed by atoms with van der Waals surface area (Å²) in [7, 11) is 0. The Morgan fingerprint density at radius 2 is 1.88 bits per heavy atom. The molecular formula is C18H17ClFN3O3. The number of hydrogen-bond donors (Lipinski definition) is 1. The molecule has 1 aliphatic heterocycles. The van der Waals surface area contributed by atoms with Crippen LogP contribution in [0.2, 0.25) is 5.02 Å². The Labute approximate surface area is 154 Å². The van der Waals surface area contributed by atoms with Crippen molar-refractivity contribution in [3.05, 3.63) is 62.9 Å². The van der Waals surface area contributed by atoms with Gasteiger partial charge < -0.3 is 10.2 Å². The lowest BCUT2D eigenvalue weighted by atomic mass is 10.1. The first-order valence-corrected chi connectivity index (χ1v) is 8.63. The van der Waals surface area contributed by atoms with Gasteiger partial charge in [-0.05, 0) is 49.6 Å². The Hall–Kier alpha value is -2.67. The van der Waals surface area contributed by atoms with Crippen LogP contribution >= 0.6 is 11.6 Å². The lowest BCUT2D eigenvalue weighted by Gasteiger charge is -2.28. The number of nitrogens with one attached hydrogen (secondary N) is 1. The van der Waals surface area contributed by atoms with Gasteiger partial charge in [0, 0.05) is 29.7 Å². The second kappa shape index (κ2) is 7.70. The van der Waals surface area contributed by atoms with Gasteiger partial charge in [0.2, 0.25) is 0 Å². The molecular weight excluding hydrogens is 361 g/mol. The van der Waals surface area contributed by atoms with Crippen LogP contribution in [0.5, 0.6) is 0 Å². The predicted molar refractivity (Wildman–Crippen MR) is 98.5 cm³/mol. The second-order valence-corrected chi connectivity index (χ2v) is 6.52. The average molecular weight is 378 g/mol. The molecule has 0 aliphatic carbocycles. The molecule has 1 saturated heterocycles. The highest BCUT2D eigenvalue weighted by atomic mass is 35.5. The van der Waals surface area contributed by atoms with Gasteiger partial charge in [0.25, 0.3) is 11.6 Å². The van der Waals surface area contributed by atoms with Crippen LogP contribution in [0.4, 0.5) is 21.5 Å². The Kier molecular flexibility index (Phi) is 5.37. The van der Waals surface area contributed by atoms with Crippen molar-refractivity contribution in [2.75, 3.05) is 23.3 Å². The van der Waals surface area contributed by atoms with Crippen molar-refractivity contribution in [2.45, 2.75) is 19.3 Å². The van der Waals surface area contributed by atoms with E-state index in [4.69, 9.17) is 11.6 Å². The maximum Gasteiger partial charge on any atom is 0.293 e. The largest absolute Gasteiger partial charge is 0.366 e. The highest BCUT2D eigenvalue weighted by Crippen LogP contribution is 2.31. The molecule has 0 aromatic heterocycles. The van der Waals surface area contributed by atoms with Crippen LogP contribution in [0.3, 0.4) is 0 Å². The number of piperidine rings is 1. The van der Waals surface area contributed by atoms with E-state index in [2.05, 4.69) is 5.32 Å². The van der Waals surface area contributed by atoms with E-state index in [0.29, 0.717) is 5.69 Å². The van der Waals surface area contributed by atoms with Crippen LogP contribution in [-0.4, -0.2) is 23.9 Å². The zero-order chi connectivity index (χ0) is 18.7. The van der Waals surface area contributed by atoms with Crippen LogP contribution in [0.1, 0.15) is 29.6 Å². The van der Waals surface area contributed by atoms with E-state index < -0.39 is 16.6 Å². The fraction of sp³-hybridized carbons (Fsp3) is 0.278. The van der Waals surface area contributed by atoms with Gasteiger partial charge >= 0.3 is 0 Å². The third kappa shape index (κ3) is 3.94. The zero-order valence-corrected chi connectivity index (χ0v) is 14.6. The van der Waals surface area contributed by atoms with E-state index in [-0.39, 0.29) is 22.0 Å². The van der Waals surface area contributed by atoms with Crippen molar-refractivity contribution >= 4 is 34.6 Å². The summed E-state index contributed by atoms with van der Waals surface area (Å²) >= 11 is 5.81. The number of carbonyl (C=O) groups is 1. The second-order valence-electron chi connectivity index (χ2n) is 6.09. The third-order valence-electron chi connectivity index (χ3n) is 4.31. The normalized spacial score (nSPS) is 14.2. The molecule has 0 bridgehead atoms. The Morgan fingerprint density at radius 1 is 1.15 bits per heavy atom. The quantitative estimate of drug-likeness (QED) is 0.622. The molecule has 136 valence electrons. The summed E-state index contributed by atoms with van der Waals surface area (Å²) in [5, 5.41) is 14.1. The van der Waals surface area contributed by atoms with Crippen LogP contribution in [-0.2, 0) is 0 Å². The molecule has 0 unspecified atom stereocenters. The number of nitrogens with zero attached hydrogens (tertiary/aromatic N) is 2. The molecule has 2 aromatic rings. The topological polar surface area (TPSA) is 75.5 Å². The van der Waals surface area contributed by atoms with Crippen LogP contribution in [0.15, 0.2) is 36.4 Å². The van der Waals surface area contributed by atoms with Gasteiger partial charge in [0.15, 0.2) is 0 Å². The first-order valence-electron chi connectivity index (χ1n) is 8.25.